The summed E-state index contributed by atoms with van der Waals surface area (Å²) in [5.74, 6) is 5.69. The molecule has 1 aliphatic rings. The summed E-state index contributed by atoms with van der Waals surface area (Å²) < 4.78 is 10.8. The van der Waals surface area contributed by atoms with Crippen molar-refractivity contribution in [3.8, 4) is 11.8 Å². The first-order valence-electron chi connectivity index (χ1n) is 6.81. The van der Waals surface area contributed by atoms with Gasteiger partial charge in [-0.05, 0) is 18.6 Å². The van der Waals surface area contributed by atoms with E-state index in [1.807, 2.05) is 13.0 Å². The maximum Gasteiger partial charge on any atom is 0.261 e. The molecule has 0 radical (unpaired) electrons. The van der Waals surface area contributed by atoms with Crippen LogP contribution in [0.15, 0.2) is 6.07 Å². The number of thiophene rings is 1. The third kappa shape index (κ3) is 3.83. The van der Waals surface area contributed by atoms with E-state index >= 15 is 0 Å². The minimum Gasteiger partial charge on any atom is -0.378 e. The van der Waals surface area contributed by atoms with E-state index in [0.29, 0.717) is 31.2 Å². The molecular weight excluding hydrogens is 288 g/mol. The molecule has 1 unspecified atom stereocenters. The van der Waals surface area contributed by atoms with Crippen molar-refractivity contribution < 1.29 is 14.3 Å². The Morgan fingerprint density at radius 2 is 2.48 bits per heavy atom. The molecule has 1 aromatic rings. The fourth-order valence-electron chi connectivity index (χ4n) is 2.14. The van der Waals surface area contributed by atoms with Crippen molar-refractivity contribution in [2.24, 2.45) is 5.73 Å². The molecule has 2 heterocycles. The Morgan fingerprint density at radius 3 is 3.10 bits per heavy atom. The molecule has 5 nitrogen and oxygen atoms in total. The van der Waals surface area contributed by atoms with Gasteiger partial charge in [0.15, 0.2) is 0 Å². The normalized spacial score (nSPS) is 20.9. The van der Waals surface area contributed by atoms with Crippen molar-refractivity contribution in [3.05, 3.63) is 21.4 Å². The van der Waals surface area contributed by atoms with Gasteiger partial charge in [0, 0.05) is 26.7 Å². The van der Waals surface area contributed by atoms with Gasteiger partial charge in [-0.25, -0.2) is 0 Å². The number of nitrogens with two attached hydrogens (primary N) is 1. The van der Waals surface area contributed by atoms with Gasteiger partial charge in [-0.3, -0.25) is 4.79 Å². The van der Waals surface area contributed by atoms with Crippen LogP contribution >= 0.6 is 11.3 Å². The lowest BCUT2D eigenvalue weighted by molar-refractivity contribution is -0.0148. The van der Waals surface area contributed by atoms with Crippen molar-refractivity contribution in [2.45, 2.75) is 18.9 Å². The molecule has 21 heavy (non-hydrogen) atoms. The highest BCUT2D eigenvalue weighted by atomic mass is 32.1. The largest absolute Gasteiger partial charge is 0.378 e. The van der Waals surface area contributed by atoms with Crippen LogP contribution < -0.4 is 11.1 Å². The number of nitrogens with one attached hydrogen (secondary N) is 1. The van der Waals surface area contributed by atoms with Crippen LogP contribution in [0.1, 0.15) is 26.5 Å². The second-order valence-corrected chi connectivity index (χ2v) is 6.05. The van der Waals surface area contributed by atoms with Gasteiger partial charge < -0.3 is 20.5 Å². The minimum absolute atomic E-state index is 0.104. The third-order valence-electron chi connectivity index (χ3n) is 3.52. The molecule has 0 saturated carbocycles. The first-order chi connectivity index (χ1) is 10.1. The van der Waals surface area contributed by atoms with Gasteiger partial charge >= 0.3 is 0 Å². The zero-order chi connectivity index (χ0) is 15.3. The number of hydrogen-bond donors (Lipinski definition) is 2. The van der Waals surface area contributed by atoms with E-state index in [9.17, 15) is 4.79 Å². The summed E-state index contributed by atoms with van der Waals surface area (Å²) in [6.45, 7) is 3.88. The highest BCUT2D eigenvalue weighted by Crippen LogP contribution is 2.23. The van der Waals surface area contributed by atoms with E-state index in [4.69, 9.17) is 15.2 Å². The van der Waals surface area contributed by atoms with Crippen molar-refractivity contribution in [1.29, 1.82) is 0 Å². The molecule has 0 bridgehead atoms. The van der Waals surface area contributed by atoms with Gasteiger partial charge in [0.25, 0.3) is 5.91 Å². The van der Waals surface area contributed by atoms with E-state index in [2.05, 4.69) is 17.2 Å². The fraction of sp³-hybridized carbons (Fsp3) is 0.533. The molecule has 1 fully saturated rings. The zero-order valence-corrected chi connectivity index (χ0v) is 13.1. The molecule has 1 aromatic heterocycles. The summed E-state index contributed by atoms with van der Waals surface area (Å²) >= 11 is 1.38. The molecule has 6 heteroatoms. The van der Waals surface area contributed by atoms with Gasteiger partial charge in [0.2, 0.25) is 0 Å². The van der Waals surface area contributed by atoms with Gasteiger partial charge in [-0.2, -0.15) is 0 Å². The summed E-state index contributed by atoms with van der Waals surface area (Å²) in [7, 11) is 1.65. The Labute approximate surface area is 128 Å². The van der Waals surface area contributed by atoms with E-state index < -0.39 is 5.60 Å². The SMILES string of the molecule is COC1(CNC(=O)c2cc(C)c(C#CCN)s2)CCOC1. The standard InChI is InChI=1S/C15H20N2O3S/c1-11-8-13(21-12(11)4-3-6-16)14(18)17-9-15(19-2)5-7-20-10-15/h8H,5-7,9-10,16H2,1-2H3,(H,17,18). The van der Waals surface area contributed by atoms with Crippen LogP contribution in [0.3, 0.4) is 0 Å². The quantitative estimate of drug-likeness (QED) is 0.811. The van der Waals surface area contributed by atoms with Crippen LogP contribution in [-0.2, 0) is 9.47 Å². The van der Waals surface area contributed by atoms with Crippen LogP contribution in [0.5, 0.6) is 0 Å². The molecule has 1 saturated heterocycles. The number of methoxy groups -OCH3 is 1. The second kappa shape index (κ2) is 7.05. The molecule has 0 spiro atoms. The maximum absolute atomic E-state index is 12.2. The lowest BCUT2D eigenvalue weighted by Gasteiger charge is -2.25. The van der Waals surface area contributed by atoms with Gasteiger partial charge in [0.1, 0.15) is 5.60 Å². The van der Waals surface area contributed by atoms with Crippen molar-refractivity contribution >= 4 is 17.2 Å². The summed E-state index contributed by atoms with van der Waals surface area (Å²) in [5.41, 5.74) is 5.96. The zero-order valence-electron chi connectivity index (χ0n) is 12.3. The van der Waals surface area contributed by atoms with Crippen LogP contribution in [0.25, 0.3) is 0 Å². The molecule has 0 aliphatic carbocycles. The van der Waals surface area contributed by atoms with Crippen LogP contribution in [0.4, 0.5) is 0 Å². The van der Waals surface area contributed by atoms with Gasteiger partial charge in [-0.1, -0.05) is 11.8 Å². The van der Waals surface area contributed by atoms with E-state index in [1.165, 1.54) is 11.3 Å². The lowest BCUT2D eigenvalue weighted by atomic mass is 10.0. The smallest absolute Gasteiger partial charge is 0.261 e. The van der Waals surface area contributed by atoms with Crippen molar-refractivity contribution in [3.63, 3.8) is 0 Å². The average molecular weight is 308 g/mol. The number of carbonyl (C=O) groups excluding carboxylic acids is 1. The Balaban J connectivity index is 2.00. The molecule has 114 valence electrons. The molecule has 1 atom stereocenters. The number of aryl methyl sites for hydroxylation is 1. The van der Waals surface area contributed by atoms with Crippen molar-refractivity contribution in [2.75, 3.05) is 33.4 Å². The van der Waals surface area contributed by atoms with E-state index in [-0.39, 0.29) is 5.91 Å². The minimum atomic E-state index is -0.399. The molecule has 1 amide bonds. The number of carbonyl (C=O) groups is 1. The number of amides is 1. The molecule has 0 aromatic carbocycles. The van der Waals surface area contributed by atoms with Crippen LogP contribution in [-0.4, -0.2) is 44.9 Å². The highest BCUT2D eigenvalue weighted by Gasteiger charge is 2.35. The van der Waals surface area contributed by atoms with Crippen LogP contribution in [0.2, 0.25) is 0 Å². The van der Waals surface area contributed by atoms with Crippen LogP contribution in [0, 0.1) is 18.8 Å². The maximum atomic E-state index is 12.2. The monoisotopic (exact) mass is 308 g/mol. The number of ether oxygens (including phenoxy) is 2. The summed E-state index contributed by atoms with van der Waals surface area (Å²) in [4.78, 5) is 13.8. The predicted molar refractivity (Wildman–Crippen MR) is 82.5 cm³/mol. The third-order valence-corrected chi connectivity index (χ3v) is 4.67. The lowest BCUT2D eigenvalue weighted by Crippen LogP contribution is -2.44. The number of rotatable bonds is 4. The van der Waals surface area contributed by atoms with E-state index in [0.717, 1.165) is 16.9 Å². The first-order valence-corrected chi connectivity index (χ1v) is 7.62. The highest BCUT2D eigenvalue weighted by molar-refractivity contribution is 7.14. The molecule has 2 rings (SSSR count). The Morgan fingerprint density at radius 1 is 1.67 bits per heavy atom. The summed E-state index contributed by atoms with van der Waals surface area (Å²) in [6.07, 6.45) is 0.792. The Hall–Kier alpha value is -1.39. The second-order valence-electron chi connectivity index (χ2n) is 5.00. The molecule has 3 N–H and O–H groups in total. The molecular formula is C15H20N2O3S. The summed E-state index contributed by atoms with van der Waals surface area (Å²) in [5, 5.41) is 2.92. The predicted octanol–water partition coefficient (Wildman–Crippen LogP) is 0.902. The fourth-order valence-corrected chi connectivity index (χ4v) is 3.10. The Kier molecular flexibility index (Phi) is 5.37. The Bertz CT molecular complexity index is 565. The first kappa shape index (κ1) is 16.0. The topological polar surface area (TPSA) is 73.6 Å². The van der Waals surface area contributed by atoms with Gasteiger partial charge in [0.05, 0.1) is 22.9 Å². The van der Waals surface area contributed by atoms with E-state index in [1.54, 1.807) is 7.11 Å². The number of hydrogen-bond acceptors (Lipinski definition) is 5. The molecule has 1 aliphatic heterocycles. The van der Waals surface area contributed by atoms with Gasteiger partial charge in [-0.15, -0.1) is 11.3 Å². The summed E-state index contributed by atoms with van der Waals surface area (Å²) in [6, 6.07) is 1.85. The average Bonchev–Trinajstić information content (AvgIpc) is 3.10. The van der Waals surface area contributed by atoms with Crippen molar-refractivity contribution in [1.82, 2.24) is 5.32 Å².